The molecule has 6 heterocycles. The summed E-state index contributed by atoms with van der Waals surface area (Å²) in [7, 11) is 0. The lowest BCUT2D eigenvalue weighted by molar-refractivity contribution is 0.00878. The number of piperidine rings is 2. The van der Waals surface area contributed by atoms with E-state index >= 15 is 0 Å². The van der Waals surface area contributed by atoms with Crippen LogP contribution in [0.25, 0.3) is 21.1 Å². The first-order valence-corrected chi connectivity index (χ1v) is 23.4. The first-order chi connectivity index (χ1) is 28.0. The molecule has 6 aliphatic rings. The van der Waals surface area contributed by atoms with Gasteiger partial charge < -0.3 is 34.8 Å². The second-order valence-electron chi connectivity index (χ2n) is 17.0. The van der Waals surface area contributed by atoms with E-state index in [0.29, 0.717) is 18.8 Å². The molecule has 2 aliphatic carbocycles. The van der Waals surface area contributed by atoms with E-state index in [1.807, 2.05) is 11.3 Å². The van der Waals surface area contributed by atoms with E-state index in [1.165, 1.54) is 104 Å². The van der Waals surface area contributed by atoms with Gasteiger partial charge in [-0.2, -0.15) is 0 Å². The molecule has 306 valence electrons. The van der Waals surface area contributed by atoms with E-state index in [2.05, 4.69) is 68.5 Å². The monoisotopic (exact) mass is 812 g/mol. The molecular weight excluding hydrogens is 753 g/mol. The Labute approximate surface area is 346 Å². The maximum Gasteiger partial charge on any atom is 0.123 e. The lowest BCUT2D eigenvalue weighted by Crippen LogP contribution is -2.50. The summed E-state index contributed by atoms with van der Waals surface area (Å²) in [4.78, 5) is 19.9. The number of aliphatic hydroxyl groups is 2. The molecule has 10 rings (SSSR count). The summed E-state index contributed by atoms with van der Waals surface area (Å²) in [5.74, 6) is 1.95. The highest BCUT2D eigenvalue weighted by atomic mass is 32.1. The number of nitrogens with zero attached hydrogens (tertiary/aromatic N) is 5. The van der Waals surface area contributed by atoms with Gasteiger partial charge >= 0.3 is 0 Å². The van der Waals surface area contributed by atoms with Crippen molar-refractivity contribution in [3.8, 4) is 32.6 Å². The maximum absolute atomic E-state index is 9.71. The van der Waals surface area contributed by atoms with Crippen molar-refractivity contribution in [2.45, 2.75) is 121 Å². The Hall–Kier alpha value is -2.94. The van der Waals surface area contributed by atoms with Crippen LogP contribution in [-0.2, 0) is 25.9 Å². The van der Waals surface area contributed by atoms with Gasteiger partial charge in [0.15, 0.2) is 0 Å². The van der Waals surface area contributed by atoms with Crippen LogP contribution in [0.1, 0.15) is 85.4 Å². The zero-order chi connectivity index (χ0) is 38.6. The number of likely N-dealkylation sites (tertiary alicyclic amines) is 2. The third kappa shape index (κ3) is 9.76. The summed E-state index contributed by atoms with van der Waals surface area (Å²) in [5.41, 5.74) is 4.79. The van der Waals surface area contributed by atoms with Gasteiger partial charge in [0, 0.05) is 104 Å². The summed E-state index contributed by atoms with van der Waals surface area (Å²) in [6.07, 6.45) is 15.0. The number of hydrogen-bond donors (Lipinski definition) is 3. The molecule has 10 nitrogen and oxygen atoms in total. The van der Waals surface area contributed by atoms with Crippen LogP contribution < -0.4 is 14.8 Å². The molecule has 1 atom stereocenters. The van der Waals surface area contributed by atoms with E-state index in [0.717, 1.165) is 91.0 Å². The van der Waals surface area contributed by atoms with Gasteiger partial charge in [0.05, 0.1) is 24.1 Å². The van der Waals surface area contributed by atoms with Crippen molar-refractivity contribution in [3.63, 3.8) is 0 Å². The van der Waals surface area contributed by atoms with Crippen molar-refractivity contribution >= 4 is 22.7 Å². The highest BCUT2D eigenvalue weighted by molar-refractivity contribution is 7.15. The van der Waals surface area contributed by atoms with Gasteiger partial charge in [0.2, 0.25) is 0 Å². The van der Waals surface area contributed by atoms with Crippen LogP contribution in [0.15, 0.2) is 48.5 Å². The predicted octanol–water partition coefficient (Wildman–Crippen LogP) is 6.77. The van der Waals surface area contributed by atoms with Crippen molar-refractivity contribution in [1.82, 2.24) is 30.0 Å². The molecule has 4 aromatic rings. The Kier molecular flexibility index (Phi) is 12.9. The van der Waals surface area contributed by atoms with Crippen molar-refractivity contribution in [2.75, 3.05) is 52.4 Å². The number of aromatic nitrogens is 2. The van der Waals surface area contributed by atoms with Crippen LogP contribution >= 0.6 is 22.7 Å². The van der Waals surface area contributed by atoms with Crippen LogP contribution in [0.2, 0.25) is 0 Å². The summed E-state index contributed by atoms with van der Waals surface area (Å²) >= 11 is 3.56. The average molecular weight is 813 g/mol. The summed E-state index contributed by atoms with van der Waals surface area (Å²) in [6, 6.07) is 18.4. The number of ether oxygens (including phenoxy) is 2. The third-order valence-corrected chi connectivity index (χ3v) is 15.1. The molecule has 0 unspecified atom stereocenters. The standard InChI is InChI=1S/C24H33N3O3S.C21H27N3OS/c28-16-19(29)14-26-11-8-22-23(15-26)31-24(25-22)17-4-6-20(7-5-17)30-21-12-18(13-21)27-9-2-1-3-10-27;1-2-10-24(11-3-1)16-12-18(13-16)25-17-6-4-15(5-7-17)21-23-19-8-9-22-14-20(19)26-21/h4-7,18-19,21,28-29H,1-3,8-16H2;4-7,16,18,22H,1-3,8-14H2/t18?,19-,21?;/m0./s1. The second-order valence-corrected chi connectivity index (χ2v) is 19.2. The van der Waals surface area contributed by atoms with Crippen molar-refractivity contribution in [2.24, 2.45) is 0 Å². The molecule has 4 fully saturated rings. The lowest BCUT2D eigenvalue weighted by Gasteiger charge is -2.44. The van der Waals surface area contributed by atoms with E-state index < -0.39 is 6.10 Å². The van der Waals surface area contributed by atoms with Crippen LogP contribution in [0.4, 0.5) is 0 Å². The third-order valence-electron chi connectivity index (χ3n) is 12.9. The van der Waals surface area contributed by atoms with Gasteiger partial charge in [-0.25, -0.2) is 9.97 Å². The second kappa shape index (κ2) is 18.5. The van der Waals surface area contributed by atoms with E-state index in [1.54, 1.807) is 11.3 Å². The quantitative estimate of drug-likeness (QED) is 0.150. The van der Waals surface area contributed by atoms with Gasteiger partial charge in [0.1, 0.15) is 33.7 Å². The van der Waals surface area contributed by atoms with Gasteiger partial charge in [-0.15, -0.1) is 22.7 Å². The van der Waals surface area contributed by atoms with Crippen LogP contribution in [0, 0.1) is 0 Å². The molecule has 12 heteroatoms. The molecular formula is C45H60N6O4S2. The smallest absolute Gasteiger partial charge is 0.123 e. The Bertz CT molecular complexity index is 1850. The van der Waals surface area contributed by atoms with Gasteiger partial charge in [-0.3, -0.25) is 4.90 Å². The van der Waals surface area contributed by atoms with Gasteiger partial charge in [-0.1, -0.05) is 12.8 Å². The fourth-order valence-electron chi connectivity index (χ4n) is 9.30. The number of aliphatic hydroxyl groups excluding tert-OH is 2. The van der Waals surface area contributed by atoms with Crippen LogP contribution in [0.5, 0.6) is 11.5 Å². The maximum atomic E-state index is 9.71. The summed E-state index contributed by atoms with van der Waals surface area (Å²) in [6.45, 7) is 9.12. The highest BCUT2D eigenvalue weighted by Crippen LogP contribution is 2.36. The molecule has 3 N–H and O–H groups in total. The topological polar surface area (TPSA) is 106 Å². The van der Waals surface area contributed by atoms with E-state index in [4.69, 9.17) is 24.5 Å². The van der Waals surface area contributed by atoms with Crippen molar-refractivity contribution in [3.05, 3.63) is 69.7 Å². The number of benzene rings is 2. The number of rotatable bonds is 11. The Morgan fingerprint density at radius 2 is 1.18 bits per heavy atom. The SMILES string of the molecule is OC[C@@H](O)CN1CCc2nc(-c3ccc(OC4CC(N5CCCCC5)C4)cc3)sc2C1.c1cc(-c2nc3c(s2)CNCC3)ccc1OC1CC(N2CCCCC2)C1. The van der Waals surface area contributed by atoms with Crippen molar-refractivity contribution in [1.29, 1.82) is 0 Å². The molecule has 0 bridgehead atoms. The molecule has 4 aliphatic heterocycles. The first-order valence-electron chi connectivity index (χ1n) is 21.7. The van der Waals surface area contributed by atoms with Crippen LogP contribution in [-0.4, -0.2) is 118 Å². The fourth-order valence-corrected chi connectivity index (χ4v) is 11.5. The number of fused-ring (bicyclic) bond motifs is 2. The molecule has 57 heavy (non-hydrogen) atoms. The first kappa shape index (κ1) is 39.5. The number of nitrogens with one attached hydrogen (secondary N) is 1. The molecule has 2 saturated heterocycles. The number of thiazole rings is 2. The minimum atomic E-state index is -0.674. The Balaban J connectivity index is 0.000000150. The highest BCUT2D eigenvalue weighted by Gasteiger charge is 2.36. The minimum absolute atomic E-state index is 0.189. The van der Waals surface area contributed by atoms with E-state index in [9.17, 15) is 5.11 Å². The molecule has 2 aromatic heterocycles. The predicted molar refractivity (Wildman–Crippen MR) is 228 cm³/mol. The Morgan fingerprint density at radius 3 is 1.68 bits per heavy atom. The van der Waals surface area contributed by atoms with Crippen molar-refractivity contribution < 1.29 is 19.7 Å². The Morgan fingerprint density at radius 1 is 0.667 bits per heavy atom. The van der Waals surface area contributed by atoms with Crippen LogP contribution in [0.3, 0.4) is 0 Å². The largest absolute Gasteiger partial charge is 0.490 e. The number of β-amino-alcohol motifs (C(OH)–C–C–N with tert-alkyl or cyclic N) is 1. The fraction of sp³-hybridized carbons (Fsp3) is 0.600. The zero-order valence-electron chi connectivity index (χ0n) is 33.3. The molecule has 2 saturated carbocycles. The minimum Gasteiger partial charge on any atom is -0.490 e. The average Bonchev–Trinajstić information content (AvgIpc) is 3.86. The number of hydrogen-bond acceptors (Lipinski definition) is 12. The van der Waals surface area contributed by atoms with E-state index in [-0.39, 0.29) is 6.61 Å². The van der Waals surface area contributed by atoms with Gasteiger partial charge in [0.25, 0.3) is 0 Å². The summed E-state index contributed by atoms with van der Waals surface area (Å²) in [5, 5.41) is 24.4. The molecule has 0 spiro atoms. The molecule has 0 radical (unpaired) electrons. The van der Waals surface area contributed by atoms with Gasteiger partial charge in [-0.05, 0) is 100 Å². The lowest BCUT2D eigenvalue weighted by atomic mass is 9.86. The zero-order valence-corrected chi connectivity index (χ0v) is 35.0. The normalized spacial score (nSPS) is 25.9. The summed E-state index contributed by atoms with van der Waals surface area (Å²) < 4.78 is 12.4. The molecule has 2 aromatic carbocycles. The molecule has 0 amide bonds.